The molecule has 0 bridgehead atoms. The summed E-state index contributed by atoms with van der Waals surface area (Å²) in [7, 11) is 3.25. The summed E-state index contributed by atoms with van der Waals surface area (Å²) >= 11 is 0. The zero-order valence-corrected chi connectivity index (χ0v) is 16.8. The van der Waals surface area contributed by atoms with Crippen LogP contribution in [0.1, 0.15) is 22.6 Å². The number of aromatic amines is 1. The number of hydrogen-bond acceptors (Lipinski definition) is 7. The monoisotopic (exact) mass is 394 g/mol. The molecule has 0 saturated heterocycles. The first-order valence-corrected chi connectivity index (χ1v) is 9.12. The maximum absolute atomic E-state index is 5.45. The van der Waals surface area contributed by atoms with Crippen molar-refractivity contribution in [2.24, 2.45) is 4.99 Å². The molecule has 0 spiro atoms. The third kappa shape index (κ3) is 3.58. The molecule has 1 aromatic carbocycles. The van der Waals surface area contributed by atoms with Gasteiger partial charge in [-0.25, -0.2) is 9.97 Å². The summed E-state index contributed by atoms with van der Waals surface area (Å²) in [5, 5.41) is 4.01. The number of hydrogen-bond donors (Lipinski definition) is 1. The number of methoxy groups -OCH3 is 2. The van der Waals surface area contributed by atoms with Gasteiger partial charge >= 0.3 is 0 Å². The first-order valence-electron chi connectivity index (χ1n) is 9.12. The number of rotatable bonds is 6. The molecular formula is C20H22N6O3. The van der Waals surface area contributed by atoms with Gasteiger partial charge in [-0.05, 0) is 26.0 Å². The summed E-state index contributed by atoms with van der Waals surface area (Å²) in [5.41, 5.74) is 4.94. The number of ether oxygens (including phenoxy) is 2. The Morgan fingerprint density at radius 3 is 2.76 bits per heavy atom. The lowest BCUT2D eigenvalue weighted by molar-refractivity contribution is 0.391. The maximum atomic E-state index is 5.45. The van der Waals surface area contributed by atoms with Gasteiger partial charge in [-0.3, -0.25) is 4.99 Å². The fourth-order valence-electron chi connectivity index (χ4n) is 3.19. The zero-order chi connectivity index (χ0) is 20.4. The number of aryl methyl sites for hydroxylation is 2. The number of benzene rings is 1. The Morgan fingerprint density at radius 1 is 1.17 bits per heavy atom. The minimum atomic E-state index is 0.419. The van der Waals surface area contributed by atoms with Crippen LogP contribution in [0, 0.1) is 13.8 Å². The molecule has 29 heavy (non-hydrogen) atoms. The van der Waals surface area contributed by atoms with Crippen LogP contribution in [0.3, 0.4) is 0 Å². The summed E-state index contributed by atoms with van der Waals surface area (Å²) in [6.07, 6.45) is 3.38. The van der Waals surface area contributed by atoms with Crippen LogP contribution in [-0.2, 0) is 13.1 Å². The fourth-order valence-corrected chi connectivity index (χ4v) is 3.19. The van der Waals surface area contributed by atoms with Crippen LogP contribution in [0.15, 0.2) is 40.4 Å². The normalized spacial score (nSPS) is 11.9. The van der Waals surface area contributed by atoms with E-state index < -0.39 is 0 Å². The smallest absolute Gasteiger partial charge is 0.177 e. The van der Waals surface area contributed by atoms with Crippen molar-refractivity contribution in [3.8, 4) is 11.5 Å². The van der Waals surface area contributed by atoms with Gasteiger partial charge < -0.3 is 23.5 Å². The minimum Gasteiger partial charge on any atom is -0.497 e. The maximum Gasteiger partial charge on any atom is 0.177 e. The van der Waals surface area contributed by atoms with E-state index in [9.17, 15) is 0 Å². The Bertz CT molecular complexity index is 1200. The Labute approximate surface area is 167 Å². The molecule has 150 valence electrons. The summed E-state index contributed by atoms with van der Waals surface area (Å²) in [6, 6.07) is 5.66. The van der Waals surface area contributed by atoms with Crippen LogP contribution < -0.4 is 15.0 Å². The first kappa shape index (κ1) is 18.7. The molecule has 0 radical (unpaired) electrons. The van der Waals surface area contributed by atoms with Crippen LogP contribution in [-0.4, -0.2) is 38.9 Å². The Balaban J connectivity index is 1.69. The number of nitrogens with zero attached hydrogens (tertiary/aromatic N) is 5. The van der Waals surface area contributed by atoms with Crippen molar-refractivity contribution in [1.82, 2.24) is 24.7 Å². The number of H-pyrrole nitrogens is 1. The van der Waals surface area contributed by atoms with Crippen molar-refractivity contribution in [2.75, 3.05) is 14.2 Å². The summed E-state index contributed by atoms with van der Waals surface area (Å²) < 4.78 is 17.9. The molecule has 3 aromatic heterocycles. The van der Waals surface area contributed by atoms with Gasteiger partial charge in [-0.15, -0.1) is 0 Å². The number of aromatic nitrogens is 5. The van der Waals surface area contributed by atoms with Gasteiger partial charge in [0, 0.05) is 17.2 Å². The van der Waals surface area contributed by atoms with Crippen LogP contribution in [0.2, 0.25) is 0 Å². The van der Waals surface area contributed by atoms with E-state index in [1.165, 1.54) is 0 Å². The molecule has 0 fully saturated rings. The molecule has 0 atom stereocenters. The average molecular weight is 394 g/mol. The Kier molecular flexibility index (Phi) is 5.03. The van der Waals surface area contributed by atoms with E-state index >= 15 is 0 Å². The summed E-state index contributed by atoms with van der Waals surface area (Å²) in [5.74, 6) is 2.25. The van der Waals surface area contributed by atoms with Crippen molar-refractivity contribution >= 4 is 11.2 Å². The van der Waals surface area contributed by atoms with E-state index in [0.717, 1.165) is 45.2 Å². The third-order valence-electron chi connectivity index (χ3n) is 4.84. The lowest BCUT2D eigenvalue weighted by atomic mass is 10.2. The molecule has 9 heteroatoms. The van der Waals surface area contributed by atoms with E-state index in [0.29, 0.717) is 18.6 Å². The molecular weight excluding hydrogens is 372 g/mol. The van der Waals surface area contributed by atoms with E-state index in [-0.39, 0.29) is 0 Å². The summed E-state index contributed by atoms with van der Waals surface area (Å²) in [6.45, 7) is 4.81. The van der Waals surface area contributed by atoms with Gasteiger partial charge in [0.05, 0.1) is 45.7 Å². The number of fused-ring (bicyclic) bond motifs is 1. The highest BCUT2D eigenvalue weighted by Gasteiger charge is 2.13. The van der Waals surface area contributed by atoms with Crippen molar-refractivity contribution in [3.63, 3.8) is 0 Å². The second-order valence-corrected chi connectivity index (χ2v) is 6.59. The second kappa shape index (κ2) is 7.78. The third-order valence-corrected chi connectivity index (χ3v) is 4.84. The fraction of sp³-hybridized carbons (Fsp3) is 0.300. The SMILES string of the molecule is COc1ccc(CN=c2ncn(Cc3c(C)noc3C)c3nc[nH]c23)c(OC)c1. The topological polar surface area (TPSA) is 103 Å². The molecule has 3 heterocycles. The lowest BCUT2D eigenvalue weighted by Gasteiger charge is -2.09. The highest BCUT2D eigenvalue weighted by Crippen LogP contribution is 2.25. The van der Waals surface area contributed by atoms with E-state index in [2.05, 4.69) is 25.1 Å². The standard InChI is InChI=1S/C20H22N6O3/c1-12-16(13(2)29-25-12)9-26-11-24-19(18-20(26)23-10-22-18)21-8-14-5-6-15(27-3)7-17(14)28-4/h5-7,10-11H,8-9H2,1-4H3,(H,22,23). The lowest BCUT2D eigenvalue weighted by Crippen LogP contribution is -2.15. The molecule has 0 saturated carbocycles. The summed E-state index contributed by atoms with van der Waals surface area (Å²) in [4.78, 5) is 16.8. The van der Waals surface area contributed by atoms with Crippen molar-refractivity contribution < 1.29 is 14.0 Å². The number of imidazole rings is 1. The van der Waals surface area contributed by atoms with Gasteiger partial charge in [0.1, 0.15) is 22.8 Å². The molecule has 0 unspecified atom stereocenters. The van der Waals surface area contributed by atoms with Crippen LogP contribution in [0.4, 0.5) is 0 Å². The molecule has 9 nitrogen and oxygen atoms in total. The van der Waals surface area contributed by atoms with E-state index in [1.54, 1.807) is 26.9 Å². The van der Waals surface area contributed by atoms with Crippen molar-refractivity contribution in [2.45, 2.75) is 26.9 Å². The Hall–Kier alpha value is -3.62. The molecule has 0 amide bonds. The van der Waals surface area contributed by atoms with Crippen LogP contribution in [0.5, 0.6) is 11.5 Å². The van der Waals surface area contributed by atoms with Crippen molar-refractivity contribution in [3.05, 3.63) is 58.9 Å². The van der Waals surface area contributed by atoms with Crippen LogP contribution in [0.25, 0.3) is 11.2 Å². The predicted octanol–water partition coefficient (Wildman–Crippen LogP) is 2.53. The second-order valence-electron chi connectivity index (χ2n) is 6.59. The van der Waals surface area contributed by atoms with Gasteiger partial charge in [-0.2, -0.15) is 0 Å². The van der Waals surface area contributed by atoms with Gasteiger partial charge in [0.2, 0.25) is 0 Å². The van der Waals surface area contributed by atoms with Crippen LogP contribution >= 0.6 is 0 Å². The predicted molar refractivity (Wildman–Crippen MR) is 106 cm³/mol. The van der Waals surface area contributed by atoms with Gasteiger partial charge in [0.15, 0.2) is 11.1 Å². The van der Waals surface area contributed by atoms with E-state index in [4.69, 9.17) is 14.0 Å². The molecule has 1 N–H and O–H groups in total. The molecule has 0 aliphatic heterocycles. The molecule has 0 aliphatic rings. The van der Waals surface area contributed by atoms with Crippen molar-refractivity contribution in [1.29, 1.82) is 0 Å². The Morgan fingerprint density at radius 2 is 2.03 bits per heavy atom. The molecule has 4 aromatic rings. The zero-order valence-electron chi connectivity index (χ0n) is 16.8. The van der Waals surface area contributed by atoms with E-state index in [1.807, 2.05) is 36.6 Å². The average Bonchev–Trinajstić information content (AvgIpc) is 3.35. The minimum absolute atomic E-state index is 0.419. The molecule has 4 rings (SSSR count). The highest BCUT2D eigenvalue weighted by atomic mass is 16.5. The first-order chi connectivity index (χ1) is 14.1. The highest BCUT2D eigenvalue weighted by molar-refractivity contribution is 5.68. The van der Waals surface area contributed by atoms with Gasteiger partial charge in [0.25, 0.3) is 0 Å². The van der Waals surface area contributed by atoms with Gasteiger partial charge in [-0.1, -0.05) is 5.16 Å². The molecule has 0 aliphatic carbocycles. The largest absolute Gasteiger partial charge is 0.497 e. The quantitative estimate of drug-likeness (QED) is 0.539. The number of nitrogens with one attached hydrogen (secondary N) is 1.